The van der Waals surface area contributed by atoms with Gasteiger partial charge in [0, 0.05) is 28.5 Å². The number of rotatable bonds is 6. The molecule has 2 nitrogen and oxygen atoms in total. The van der Waals surface area contributed by atoms with Gasteiger partial charge < -0.3 is 10.0 Å². The van der Waals surface area contributed by atoms with Gasteiger partial charge in [-0.25, -0.2) is 0 Å². The average Bonchev–Trinajstić information content (AvgIpc) is 2.89. The van der Waals surface area contributed by atoms with E-state index < -0.39 is 0 Å². The van der Waals surface area contributed by atoms with E-state index in [1.54, 1.807) is 11.3 Å². The van der Waals surface area contributed by atoms with Gasteiger partial charge in [-0.3, -0.25) is 0 Å². The maximum absolute atomic E-state index is 9.04. The monoisotopic (exact) mass is 287 g/mol. The highest BCUT2D eigenvalue weighted by Crippen LogP contribution is 2.19. The summed E-state index contributed by atoms with van der Waals surface area (Å²) < 4.78 is 0. The van der Waals surface area contributed by atoms with Crippen LogP contribution in [0.25, 0.3) is 12.2 Å². The Morgan fingerprint density at radius 1 is 1.10 bits per heavy atom. The molecule has 0 unspecified atom stereocenters. The van der Waals surface area contributed by atoms with Gasteiger partial charge in [0.25, 0.3) is 0 Å². The van der Waals surface area contributed by atoms with Gasteiger partial charge in [0.2, 0.25) is 0 Å². The van der Waals surface area contributed by atoms with Crippen LogP contribution in [0.1, 0.15) is 22.2 Å². The van der Waals surface area contributed by atoms with Crippen LogP contribution >= 0.6 is 11.3 Å². The van der Waals surface area contributed by atoms with Crippen molar-refractivity contribution in [1.29, 1.82) is 0 Å². The fourth-order valence-electron chi connectivity index (χ4n) is 2.11. The van der Waals surface area contributed by atoms with E-state index in [-0.39, 0.29) is 6.61 Å². The van der Waals surface area contributed by atoms with Crippen molar-refractivity contribution in [2.24, 2.45) is 0 Å². The third-order valence-electron chi connectivity index (χ3n) is 3.21. The summed E-state index contributed by atoms with van der Waals surface area (Å²) in [6.45, 7) is 6.00. The zero-order chi connectivity index (χ0) is 14.4. The van der Waals surface area contributed by atoms with E-state index in [9.17, 15) is 0 Å². The second kappa shape index (κ2) is 7.27. The second-order valence-corrected chi connectivity index (χ2v) is 6.00. The Morgan fingerprint density at radius 3 is 2.40 bits per heavy atom. The lowest BCUT2D eigenvalue weighted by Gasteiger charge is -2.21. The first-order valence-electron chi connectivity index (χ1n) is 6.93. The van der Waals surface area contributed by atoms with Gasteiger partial charge >= 0.3 is 0 Å². The summed E-state index contributed by atoms with van der Waals surface area (Å²) in [6.07, 6.45) is 4.29. The molecule has 0 bridgehead atoms. The van der Waals surface area contributed by atoms with Crippen LogP contribution in [-0.4, -0.2) is 24.8 Å². The predicted octanol–water partition coefficient (Wildman–Crippen LogP) is 4.05. The Morgan fingerprint density at radius 2 is 1.85 bits per heavy atom. The number of nitrogens with zero attached hydrogens (tertiary/aromatic N) is 1. The Kier molecular flexibility index (Phi) is 5.39. The van der Waals surface area contributed by atoms with Gasteiger partial charge in [0.15, 0.2) is 0 Å². The van der Waals surface area contributed by atoms with Crippen molar-refractivity contribution in [2.45, 2.75) is 13.8 Å². The number of aryl methyl sites for hydroxylation is 1. The molecule has 0 saturated heterocycles. The number of aliphatic hydroxyl groups excluding tert-OH is 1. The fourth-order valence-corrected chi connectivity index (χ4v) is 2.89. The minimum absolute atomic E-state index is 0.188. The number of likely N-dealkylation sites (N-methyl/N-ethyl adjacent to an activating group) is 1. The van der Waals surface area contributed by atoms with Gasteiger partial charge in [-0.15, -0.1) is 11.3 Å². The van der Waals surface area contributed by atoms with Gasteiger partial charge in [-0.2, -0.15) is 0 Å². The number of aliphatic hydroxyl groups is 1. The number of anilines is 1. The molecule has 0 aliphatic heterocycles. The molecule has 0 aliphatic carbocycles. The van der Waals surface area contributed by atoms with Crippen molar-refractivity contribution in [3.8, 4) is 0 Å². The summed E-state index contributed by atoms with van der Waals surface area (Å²) in [6, 6.07) is 12.7. The second-order valence-electron chi connectivity index (χ2n) is 4.68. The molecule has 0 aliphatic rings. The van der Waals surface area contributed by atoms with Gasteiger partial charge in [0.05, 0.1) is 6.61 Å². The largest absolute Gasteiger partial charge is 0.395 e. The molecule has 3 heteroatoms. The van der Waals surface area contributed by atoms with E-state index in [1.165, 1.54) is 15.3 Å². The minimum atomic E-state index is 0.188. The van der Waals surface area contributed by atoms with Crippen LogP contribution in [0.5, 0.6) is 0 Å². The number of hydrogen-bond donors (Lipinski definition) is 1. The van der Waals surface area contributed by atoms with Gasteiger partial charge in [-0.05, 0) is 49.8 Å². The van der Waals surface area contributed by atoms with Gasteiger partial charge in [-0.1, -0.05) is 18.2 Å². The van der Waals surface area contributed by atoms with Crippen LogP contribution in [-0.2, 0) is 0 Å². The van der Waals surface area contributed by atoms with Gasteiger partial charge in [0.1, 0.15) is 0 Å². The van der Waals surface area contributed by atoms with Crippen LogP contribution in [0.3, 0.4) is 0 Å². The summed E-state index contributed by atoms with van der Waals surface area (Å²) in [5.41, 5.74) is 2.35. The topological polar surface area (TPSA) is 23.5 Å². The zero-order valence-corrected chi connectivity index (χ0v) is 12.9. The highest BCUT2D eigenvalue weighted by molar-refractivity contribution is 7.12. The van der Waals surface area contributed by atoms with E-state index in [0.29, 0.717) is 6.54 Å². The molecular weight excluding hydrogens is 266 g/mol. The van der Waals surface area contributed by atoms with Crippen molar-refractivity contribution in [1.82, 2.24) is 0 Å². The Balaban J connectivity index is 2.06. The summed E-state index contributed by atoms with van der Waals surface area (Å²) in [7, 11) is 0. The van der Waals surface area contributed by atoms with Crippen LogP contribution in [0.15, 0.2) is 36.4 Å². The lowest BCUT2D eigenvalue weighted by Crippen LogP contribution is -2.25. The molecular formula is C17H21NOS. The third kappa shape index (κ3) is 3.95. The molecule has 0 saturated carbocycles. The van der Waals surface area contributed by atoms with Crippen LogP contribution < -0.4 is 4.90 Å². The Labute approximate surface area is 125 Å². The van der Waals surface area contributed by atoms with Crippen molar-refractivity contribution < 1.29 is 5.11 Å². The molecule has 1 heterocycles. The van der Waals surface area contributed by atoms with Crippen LogP contribution in [0.4, 0.5) is 5.69 Å². The Hall–Kier alpha value is -1.58. The summed E-state index contributed by atoms with van der Waals surface area (Å²) >= 11 is 1.80. The van der Waals surface area contributed by atoms with Crippen molar-refractivity contribution in [3.63, 3.8) is 0 Å². The first-order chi connectivity index (χ1) is 9.72. The number of benzene rings is 1. The van der Waals surface area contributed by atoms with E-state index in [2.05, 4.69) is 67.3 Å². The molecule has 0 atom stereocenters. The lowest BCUT2D eigenvalue weighted by atomic mass is 10.1. The molecule has 20 heavy (non-hydrogen) atoms. The third-order valence-corrected chi connectivity index (χ3v) is 4.18. The zero-order valence-electron chi connectivity index (χ0n) is 12.0. The highest BCUT2D eigenvalue weighted by Gasteiger charge is 2.02. The van der Waals surface area contributed by atoms with E-state index >= 15 is 0 Å². The molecule has 0 amide bonds. The molecule has 1 aromatic carbocycles. The van der Waals surface area contributed by atoms with E-state index in [4.69, 9.17) is 5.11 Å². The quantitative estimate of drug-likeness (QED) is 0.866. The average molecular weight is 287 g/mol. The summed E-state index contributed by atoms with van der Waals surface area (Å²) in [5.74, 6) is 0. The lowest BCUT2D eigenvalue weighted by molar-refractivity contribution is 0.302. The predicted molar refractivity (Wildman–Crippen MR) is 89.4 cm³/mol. The van der Waals surface area contributed by atoms with Crippen molar-refractivity contribution in [2.75, 3.05) is 24.6 Å². The SMILES string of the molecule is CCN(CCO)c1ccc(/C=C/c2ccc(C)s2)cc1. The molecule has 2 aromatic rings. The normalized spacial score (nSPS) is 11.2. The molecule has 0 radical (unpaired) electrons. The Bertz CT molecular complexity index is 557. The molecule has 0 spiro atoms. The van der Waals surface area contributed by atoms with E-state index in [0.717, 1.165) is 12.2 Å². The first kappa shape index (κ1) is 14.8. The molecule has 1 aromatic heterocycles. The first-order valence-corrected chi connectivity index (χ1v) is 7.75. The number of thiophene rings is 1. The number of hydrogen-bond acceptors (Lipinski definition) is 3. The van der Waals surface area contributed by atoms with E-state index in [1.807, 2.05) is 0 Å². The standard InChI is InChI=1S/C17H21NOS/c1-3-18(12-13-19)16-8-5-15(6-9-16)7-11-17-10-4-14(2)20-17/h4-11,19H,3,12-13H2,1-2H3/b11-7+. The summed E-state index contributed by atoms with van der Waals surface area (Å²) in [5, 5.41) is 9.04. The van der Waals surface area contributed by atoms with Crippen LogP contribution in [0, 0.1) is 6.92 Å². The summed E-state index contributed by atoms with van der Waals surface area (Å²) in [4.78, 5) is 4.78. The smallest absolute Gasteiger partial charge is 0.0606 e. The van der Waals surface area contributed by atoms with Crippen LogP contribution in [0.2, 0.25) is 0 Å². The van der Waals surface area contributed by atoms with Crippen molar-refractivity contribution >= 4 is 29.2 Å². The maximum atomic E-state index is 9.04. The molecule has 2 rings (SSSR count). The molecule has 1 N–H and O–H groups in total. The minimum Gasteiger partial charge on any atom is -0.395 e. The highest BCUT2D eigenvalue weighted by atomic mass is 32.1. The van der Waals surface area contributed by atoms with Crippen molar-refractivity contribution in [3.05, 3.63) is 51.7 Å². The molecule has 0 fully saturated rings. The maximum Gasteiger partial charge on any atom is 0.0606 e. The molecule has 106 valence electrons. The fraction of sp³-hybridized carbons (Fsp3) is 0.294.